The third-order valence-electron chi connectivity index (χ3n) is 0. The molecule has 0 bridgehead atoms. The molecule has 0 aliphatic heterocycles. The van der Waals surface area contributed by atoms with Crippen molar-refractivity contribution in [3.8, 4) is 0 Å². The molecule has 0 aliphatic carbocycles. The fraction of sp³-hybridized carbons (Fsp3) is 1.00. The van der Waals surface area contributed by atoms with E-state index in [2.05, 4.69) is 0 Å². The minimum Gasteiger partial charge on any atom is -0.726 e. The van der Waals surface area contributed by atoms with Crippen LogP contribution in [0.1, 0.15) is 0 Å². The predicted molar refractivity (Wildman–Crippen MR) is 45.8 cm³/mol. The third-order valence-corrected chi connectivity index (χ3v) is 0. The Morgan fingerprint density at radius 3 is 0.800 bits per heavy atom. The van der Waals surface area contributed by atoms with E-state index in [0.29, 0.717) is 0 Å². The zero-order valence-electron chi connectivity index (χ0n) is 7.73. The van der Waals surface area contributed by atoms with Crippen LogP contribution in [0.15, 0.2) is 0 Å². The van der Waals surface area contributed by atoms with E-state index < -0.39 is 10.4 Å². The average molecular weight is 321 g/mol. The molecule has 0 saturated carbocycles. The molecule has 15 heavy (non-hydrogen) atoms. The molecule has 14 heteroatoms. The first kappa shape index (κ1) is 114. The maximum absolute atomic E-state index is 8.63. The summed E-state index contributed by atoms with van der Waals surface area (Å²) in [6.07, 6.45) is 0. The molecule has 16 N–H and O–H groups in total. The SMILES string of the molecule is CO.O.O.O.O.O.O.O.O=S(=O)([O-])O.[Zn]. The largest absolute Gasteiger partial charge is 0.726 e. The van der Waals surface area contributed by atoms with Crippen molar-refractivity contribution < 1.29 is 80.4 Å². The average Bonchev–Trinajstić information content (AvgIpc) is 1.36. The Morgan fingerprint density at radius 1 is 0.800 bits per heavy atom. The molecule has 0 rings (SSSR count). The van der Waals surface area contributed by atoms with Crippen LogP contribution in [-0.4, -0.2) is 68.1 Å². The van der Waals surface area contributed by atoms with Gasteiger partial charge in [-0.2, -0.15) is 0 Å². The quantitative estimate of drug-likeness (QED) is 0.248. The van der Waals surface area contributed by atoms with Gasteiger partial charge in [-0.15, -0.1) is 0 Å². The normalized spacial score (nSPS) is 4.27. The molecule has 0 unspecified atom stereocenters. The first-order valence-electron chi connectivity index (χ1n) is 1.13. The van der Waals surface area contributed by atoms with Crippen molar-refractivity contribution in [1.29, 1.82) is 0 Å². The van der Waals surface area contributed by atoms with Gasteiger partial charge >= 0.3 is 0 Å². The van der Waals surface area contributed by atoms with E-state index in [4.69, 9.17) is 22.6 Å². The molecule has 0 spiro atoms. The fourth-order valence-electron chi connectivity index (χ4n) is 0. The molecule has 104 valence electrons. The van der Waals surface area contributed by atoms with E-state index in [1.54, 1.807) is 0 Å². The van der Waals surface area contributed by atoms with Gasteiger partial charge in [-0.25, -0.2) is 8.42 Å². The van der Waals surface area contributed by atoms with E-state index in [1.807, 2.05) is 0 Å². The molecule has 0 atom stereocenters. The van der Waals surface area contributed by atoms with Gasteiger partial charge in [0.15, 0.2) is 0 Å². The summed E-state index contributed by atoms with van der Waals surface area (Å²) in [6, 6.07) is 0. The molecule has 0 saturated heterocycles. The van der Waals surface area contributed by atoms with E-state index >= 15 is 0 Å². The summed E-state index contributed by atoms with van der Waals surface area (Å²) in [5.41, 5.74) is 0. The van der Waals surface area contributed by atoms with Gasteiger partial charge in [-0.1, -0.05) is 0 Å². The van der Waals surface area contributed by atoms with Crippen LogP contribution >= 0.6 is 0 Å². The van der Waals surface area contributed by atoms with Crippen molar-refractivity contribution in [1.82, 2.24) is 0 Å². The summed E-state index contributed by atoms with van der Waals surface area (Å²) in [7, 11) is -3.92. The van der Waals surface area contributed by atoms with Crippen LogP contribution in [0.5, 0.6) is 0 Å². The summed E-state index contributed by atoms with van der Waals surface area (Å²) in [4.78, 5) is 0. The van der Waals surface area contributed by atoms with Gasteiger partial charge in [-0.3, -0.25) is 4.55 Å². The Balaban J connectivity index is -0.00000000298. The van der Waals surface area contributed by atoms with E-state index in [1.165, 1.54) is 0 Å². The van der Waals surface area contributed by atoms with E-state index in [0.717, 1.165) is 7.11 Å². The molecule has 0 aromatic rings. The zero-order chi connectivity index (χ0) is 6.50. The molecule has 12 nitrogen and oxygen atoms in total. The second-order valence-electron chi connectivity index (χ2n) is 0.428. The van der Waals surface area contributed by atoms with Crippen molar-refractivity contribution in [3.05, 3.63) is 0 Å². The number of hydrogen-bond donors (Lipinski definition) is 2. The minimum absolute atomic E-state index is 0. The van der Waals surface area contributed by atoms with Crippen LogP contribution in [-0.2, 0) is 29.9 Å². The van der Waals surface area contributed by atoms with Gasteiger partial charge in [0.25, 0.3) is 0 Å². The smallest absolute Gasteiger partial charge is 0.215 e. The van der Waals surface area contributed by atoms with Crippen LogP contribution in [0.2, 0.25) is 0 Å². The Kier molecular flexibility index (Phi) is 490. The fourth-order valence-corrected chi connectivity index (χ4v) is 0. The number of aliphatic hydroxyl groups excluding tert-OH is 1. The van der Waals surface area contributed by atoms with Crippen molar-refractivity contribution in [2.75, 3.05) is 7.11 Å². The first-order chi connectivity index (χ1) is 3.00. The number of hydrogen-bond acceptors (Lipinski definition) is 4. The molecule has 0 aromatic heterocycles. The van der Waals surface area contributed by atoms with Crippen molar-refractivity contribution in [2.45, 2.75) is 0 Å². The molecule has 0 aromatic carbocycles. The van der Waals surface area contributed by atoms with Crippen LogP contribution in [0.25, 0.3) is 0 Å². The molecule has 0 fully saturated rings. The van der Waals surface area contributed by atoms with Gasteiger partial charge in [0.1, 0.15) is 0 Å². The van der Waals surface area contributed by atoms with Gasteiger partial charge < -0.3 is 48.0 Å². The second-order valence-corrected chi connectivity index (χ2v) is 1.28. The Bertz CT molecular complexity index is 98.8. The van der Waals surface area contributed by atoms with Crippen molar-refractivity contribution in [2.24, 2.45) is 0 Å². The maximum atomic E-state index is 8.63. The summed E-state index contributed by atoms with van der Waals surface area (Å²) < 4.78 is 32.8. The zero-order valence-corrected chi connectivity index (χ0v) is 11.5. The summed E-state index contributed by atoms with van der Waals surface area (Å²) in [6.45, 7) is 0. The molecule has 0 amide bonds. The van der Waals surface area contributed by atoms with Gasteiger partial charge in [0.05, 0.1) is 0 Å². The molecular formula is CH19O12SZn-. The predicted octanol–water partition coefficient (Wildman–Crippen LogP) is -7.16. The van der Waals surface area contributed by atoms with Crippen LogP contribution in [0.3, 0.4) is 0 Å². The van der Waals surface area contributed by atoms with Gasteiger partial charge in [-0.05, 0) is 0 Å². The van der Waals surface area contributed by atoms with Crippen molar-refractivity contribution >= 4 is 10.4 Å². The summed E-state index contributed by atoms with van der Waals surface area (Å²) in [5, 5.41) is 7.00. The monoisotopic (exact) mass is 319 g/mol. The topological polar surface area (TPSA) is 318 Å². The van der Waals surface area contributed by atoms with E-state index in [-0.39, 0.29) is 57.8 Å². The standard InChI is InChI=1S/CH4O.H2O4S.7H2O.Zn/c1-2;1-5(2,3)4;;;;;;;;/h2H,1H3;(H2,1,2,3,4);7*1H2;/p-1. The van der Waals surface area contributed by atoms with Crippen LogP contribution < -0.4 is 0 Å². The third kappa shape index (κ3) is 69900. The van der Waals surface area contributed by atoms with Gasteiger partial charge in [0.2, 0.25) is 10.4 Å². The molecule has 0 aliphatic rings. The Hall–Kier alpha value is 0.173. The first-order valence-corrected chi connectivity index (χ1v) is 2.49. The summed E-state index contributed by atoms with van der Waals surface area (Å²) >= 11 is 0. The molecular weight excluding hydrogens is 301 g/mol. The van der Waals surface area contributed by atoms with Crippen LogP contribution in [0, 0.1) is 0 Å². The summed E-state index contributed by atoms with van der Waals surface area (Å²) in [5.74, 6) is 0. The van der Waals surface area contributed by atoms with E-state index in [9.17, 15) is 0 Å². The second kappa shape index (κ2) is 64.5. The molecule has 0 radical (unpaired) electrons. The van der Waals surface area contributed by atoms with Crippen molar-refractivity contribution in [3.63, 3.8) is 0 Å². The maximum Gasteiger partial charge on any atom is 0.215 e. The minimum atomic E-state index is -4.92. The number of rotatable bonds is 0. The molecule has 0 heterocycles. The Labute approximate surface area is 98.4 Å². The number of aliphatic hydroxyl groups is 1. The van der Waals surface area contributed by atoms with Crippen LogP contribution in [0.4, 0.5) is 0 Å². The van der Waals surface area contributed by atoms with Gasteiger partial charge in [0, 0.05) is 26.6 Å². The Morgan fingerprint density at radius 2 is 0.800 bits per heavy atom.